The number of hydrogen-bond acceptors (Lipinski definition) is 26. The summed E-state index contributed by atoms with van der Waals surface area (Å²) in [6.07, 6.45) is -3.72. The molecule has 6 aromatic rings. The number of anilines is 3. The lowest BCUT2D eigenvalue weighted by molar-refractivity contribution is -0.570. The molecule has 5 amide bonds. The summed E-state index contributed by atoms with van der Waals surface area (Å²) in [5.41, 5.74) is 10.6. The average Bonchev–Trinajstić information content (AvgIpc) is 1.74. The SMILES string of the molecule is CC(C)(C)OC(=O)N[C@H]1CCN(c2ccc(C#N)cc2)C1.CC(C)(C)OC(=O)N[C@H]1CCN(c2ccc(CNC(=O)c3ccc([N+](=O)[O-])o3)cc2)C1.CC(C)(C)OC(=O)N[C@H]1CCNC1.N#Cc1ccc(F)cc1.N[C@H]1CCN(c2ccc(CNC(=O)c3ccc([N+](=O)[O-])o3)cc2)C1.O=C(Cl)C1CCC([N+](=O)[O-])O1.O=C(O)C(F)(F)F. The maximum absolute atomic E-state index is 12.1. The van der Waals surface area contributed by atoms with E-state index in [-0.39, 0.29) is 66.7 Å². The second-order valence-corrected chi connectivity index (χ2v) is 29.7. The first-order valence-corrected chi connectivity index (χ1v) is 36.6. The van der Waals surface area contributed by atoms with Crippen LogP contribution in [0.5, 0.6) is 0 Å². The quantitative estimate of drug-likeness (QED) is 0.0147. The predicted octanol–water partition coefficient (Wildman–Crippen LogP) is 11.3. The number of nitriles is 2. The van der Waals surface area contributed by atoms with Crippen LogP contribution in [0, 0.1) is 58.8 Å². The molecule has 0 saturated carbocycles. The van der Waals surface area contributed by atoms with E-state index in [0.717, 1.165) is 112 Å². The fourth-order valence-electron chi connectivity index (χ4n) is 10.9. The van der Waals surface area contributed by atoms with Crippen LogP contribution in [0.4, 0.5) is 60.8 Å². The third-order valence-corrected chi connectivity index (χ3v) is 16.6. The molecule has 6 atom stereocenters. The number of carbonyl (C=O) groups is 7. The van der Waals surface area contributed by atoms with Crippen molar-refractivity contribution >= 4 is 81.7 Å². The van der Waals surface area contributed by atoms with Crippen molar-refractivity contribution in [3.05, 3.63) is 191 Å². The van der Waals surface area contributed by atoms with Crippen molar-refractivity contribution in [3.63, 3.8) is 0 Å². The van der Waals surface area contributed by atoms with E-state index in [1.807, 2.05) is 141 Å². The first-order chi connectivity index (χ1) is 54.3. The van der Waals surface area contributed by atoms with Crippen LogP contribution in [-0.4, -0.2) is 173 Å². The molecule has 0 radical (unpaired) electrons. The molecule has 5 saturated heterocycles. The zero-order valence-electron chi connectivity index (χ0n) is 65.1. The van der Waals surface area contributed by atoms with Crippen LogP contribution in [0.1, 0.15) is 144 Å². The molecule has 2 aromatic heterocycles. The Morgan fingerprint density at radius 2 is 0.931 bits per heavy atom. The second-order valence-electron chi connectivity index (χ2n) is 29.3. The number of aliphatic carboxylic acids is 1. The number of halogens is 5. The van der Waals surface area contributed by atoms with Crippen molar-refractivity contribution in [2.75, 3.05) is 67.1 Å². The third kappa shape index (κ3) is 35.0. The van der Waals surface area contributed by atoms with E-state index < -0.39 is 91.0 Å². The number of carboxylic acid groups (broad SMARTS) is 1. The van der Waals surface area contributed by atoms with Gasteiger partial charge in [-0.25, -0.2) is 23.6 Å². The zero-order chi connectivity index (χ0) is 86.3. The minimum absolute atomic E-state index is 0.0196. The minimum atomic E-state index is -5.08. The number of hydrogen-bond donors (Lipinski definition) is 8. The summed E-state index contributed by atoms with van der Waals surface area (Å²) in [7, 11) is 0. The Balaban J connectivity index is 0.000000255. The highest BCUT2D eigenvalue weighted by molar-refractivity contribution is 6.64. The van der Waals surface area contributed by atoms with Crippen LogP contribution in [0.15, 0.2) is 130 Å². The van der Waals surface area contributed by atoms with Gasteiger partial charge >= 0.3 is 48.4 Å². The molecule has 0 bridgehead atoms. The summed E-state index contributed by atoms with van der Waals surface area (Å²) >= 11 is 5.07. The Kier molecular flexibility index (Phi) is 36.2. The van der Waals surface area contributed by atoms with Gasteiger partial charge in [0.2, 0.25) is 0 Å². The number of alkyl carbamates (subject to hydrolysis) is 3. The summed E-state index contributed by atoms with van der Waals surface area (Å²) < 4.78 is 74.0. The Morgan fingerprint density at radius 1 is 0.560 bits per heavy atom. The van der Waals surface area contributed by atoms with Crippen molar-refractivity contribution in [2.45, 2.75) is 173 Å². The number of benzene rings is 4. The first kappa shape index (κ1) is 94.4. The van der Waals surface area contributed by atoms with Crippen molar-refractivity contribution < 1.29 is 98.8 Å². The van der Waals surface area contributed by atoms with Gasteiger partial charge in [-0.3, -0.25) is 44.7 Å². The van der Waals surface area contributed by atoms with Gasteiger partial charge in [-0.05, 0) is 209 Å². The Bertz CT molecular complexity index is 4330. The van der Waals surface area contributed by atoms with E-state index in [2.05, 4.69) is 52.7 Å². The maximum atomic E-state index is 12.1. The van der Waals surface area contributed by atoms with Crippen molar-refractivity contribution in [2.24, 2.45) is 5.73 Å². The lowest BCUT2D eigenvalue weighted by Crippen LogP contribution is -2.40. The van der Waals surface area contributed by atoms with Gasteiger partial charge in [0.15, 0.2) is 11.5 Å². The van der Waals surface area contributed by atoms with Crippen molar-refractivity contribution in [1.82, 2.24) is 31.9 Å². The molecule has 11 rings (SSSR count). The number of nitrogens with two attached hydrogens (primary N) is 1. The number of rotatable bonds is 16. The highest BCUT2D eigenvalue weighted by Crippen LogP contribution is 2.27. The fourth-order valence-corrected chi connectivity index (χ4v) is 11.1. The van der Waals surface area contributed by atoms with Gasteiger partial charge in [-0.1, -0.05) is 24.3 Å². The Hall–Kier alpha value is -12.2. The number of amides is 5. The molecule has 116 heavy (non-hydrogen) atoms. The predicted molar refractivity (Wildman–Crippen MR) is 413 cm³/mol. The monoisotopic (exact) mass is 1650 g/mol. The summed E-state index contributed by atoms with van der Waals surface area (Å²) in [6, 6.07) is 37.9. The van der Waals surface area contributed by atoms with Gasteiger partial charge in [0, 0.05) is 94.5 Å². The molecule has 5 aliphatic heterocycles. The van der Waals surface area contributed by atoms with E-state index in [4.69, 9.17) is 65.5 Å². The van der Waals surface area contributed by atoms with Crippen molar-refractivity contribution in [3.8, 4) is 12.1 Å². The van der Waals surface area contributed by atoms with E-state index in [1.165, 1.54) is 36.4 Å². The molecule has 9 N–H and O–H groups in total. The Morgan fingerprint density at radius 3 is 1.23 bits per heavy atom. The molecule has 5 aliphatic rings. The minimum Gasteiger partial charge on any atom is -0.475 e. The summed E-state index contributed by atoms with van der Waals surface area (Å²) in [5.74, 6) is -5.19. The average molecular weight is 1650 g/mol. The van der Waals surface area contributed by atoms with Crippen molar-refractivity contribution in [1.29, 1.82) is 10.5 Å². The van der Waals surface area contributed by atoms with Gasteiger partial charge in [0.05, 0.1) is 52.4 Å². The first-order valence-electron chi connectivity index (χ1n) is 36.2. The smallest absolute Gasteiger partial charge is 0.475 e. The standard InChI is InChI=1S/C21H26N4O6.C16H18N4O4.C16H21N3O2.C9H18N2O2.C7H4FN.C5H6ClNO4.C2HF3O2/c1-21(2,3)31-20(27)23-15-10-11-24(13-15)16-6-4-14(5-7-16)12-22-19(26)17-8-9-18(30-17)25(28)29;17-12-7-8-19(10-12)13-3-1-11(2-4-13)9-18-16(21)14-5-6-15(24-14)20(22)23;1-16(2,3)21-15(20)18-13-8-9-19(11-13)14-6-4-12(10-17)5-7-14;1-9(2,3)13-8(12)11-7-4-5-10-6-7;8-7-3-1-6(5-9)2-4-7;6-5(8)3-1-2-4(11-3)7(9)10;3-2(4,5)1(6)7/h4-9,15H,10-13H2,1-3H3,(H,22,26)(H,23,27);1-6,12H,7-10,17H2,(H,18,21);4-7,13H,8-9,11H2,1-3H3,(H,18,20);7,10H,4-6H2,1-3H3,(H,11,12);1-4H;3-4H,1-2H2;(H,6,7)/t15-;12-;13-;7-;;;/m0000.../s1. The number of carbonyl (C=O) groups excluding carboxylic acids is 6. The molecular weight excluding hydrogens is 1550 g/mol. The van der Waals surface area contributed by atoms with Crippen LogP contribution >= 0.6 is 11.6 Å². The van der Waals surface area contributed by atoms with E-state index in [9.17, 15) is 76.7 Å². The van der Waals surface area contributed by atoms with Crippen LogP contribution in [0.25, 0.3) is 0 Å². The summed E-state index contributed by atoms with van der Waals surface area (Å²) in [4.78, 5) is 114. The fraction of sp³-hybridized carbons (Fsp3) is 0.461. The Labute approximate surface area is 669 Å². The molecule has 40 heteroatoms. The normalized spacial score (nSPS) is 17.9. The van der Waals surface area contributed by atoms with E-state index in [0.29, 0.717) is 30.6 Å². The van der Waals surface area contributed by atoms with E-state index >= 15 is 0 Å². The maximum Gasteiger partial charge on any atom is 0.490 e. The highest BCUT2D eigenvalue weighted by Gasteiger charge is 2.39. The number of nitrogens with zero attached hydrogens (tertiary/aromatic N) is 8. The van der Waals surface area contributed by atoms with Gasteiger partial charge in [-0.2, -0.15) is 23.7 Å². The highest BCUT2D eigenvalue weighted by atomic mass is 35.5. The van der Waals surface area contributed by atoms with Gasteiger partial charge in [-0.15, -0.1) is 0 Å². The number of nitro groups is 3. The number of furan rings is 2. The molecule has 2 unspecified atom stereocenters. The van der Waals surface area contributed by atoms with Crippen LogP contribution in [-0.2, 0) is 41.6 Å². The third-order valence-electron chi connectivity index (χ3n) is 16.4. The van der Waals surface area contributed by atoms with Crippen LogP contribution < -0.4 is 52.3 Å². The molecule has 0 spiro atoms. The zero-order valence-corrected chi connectivity index (χ0v) is 65.8. The largest absolute Gasteiger partial charge is 0.490 e. The van der Waals surface area contributed by atoms with Gasteiger partial charge in [0.1, 0.15) is 38.6 Å². The topological polar surface area (TPSA) is 488 Å². The van der Waals surface area contributed by atoms with Gasteiger partial charge in [0.25, 0.3) is 17.1 Å². The van der Waals surface area contributed by atoms with Gasteiger partial charge < -0.3 is 85.2 Å². The lowest BCUT2D eigenvalue weighted by Gasteiger charge is -2.22. The number of carboxylic acids is 1. The second kappa shape index (κ2) is 44.5. The molecule has 628 valence electrons. The number of ether oxygens (including phenoxy) is 4. The lowest BCUT2D eigenvalue weighted by atomic mass is 10.2. The van der Waals surface area contributed by atoms with Crippen LogP contribution in [0.3, 0.4) is 0 Å². The molecule has 7 heterocycles. The number of nitrogens with one attached hydrogen (secondary N) is 6. The molecule has 35 nitrogen and oxygen atoms in total. The summed E-state index contributed by atoms with van der Waals surface area (Å²) in [6.45, 7) is 24.0. The van der Waals surface area contributed by atoms with Crippen LogP contribution in [0.2, 0.25) is 0 Å². The molecule has 4 aromatic carbocycles. The molecular formula is C76H94ClF4N15O20. The molecule has 0 aliphatic carbocycles. The van der Waals surface area contributed by atoms with E-state index in [1.54, 1.807) is 0 Å². The number of alkyl halides is 3. The summed E-state index contributed by atoms with van der Waals surface area (Å²) in [5, 5.41) is 71.9. The molecule has 5 fully saturated rings.